The average molecular weight is 306 g/mol. The van der Waals surface area contributed by atoms with Crippen LogP contribution < -0.4 is 6.15 Å². The third-order valence-corrected chi connectivity index (χ3v) is 4.38. The van der Waals surface area contributed by atoms with Gasteiger partial charge in [-0.1, -0.05) is 69.3 Å². The van der Waals surface area contributed by atoms with Gasteiger partial charge in [-0.2, -0.15) is 0 Å². The first-order chi connectivity index (χ1) is 10.4. The lowest BCUT2D eigenvalue weighted by atomic mass is 9.86. The zero-order valence-corrected chi connectivity index (χ0v) is 14.8. The molecule has 0 spiro atoms. The lowest BCUT2D eigenvalue weighted by Crippen LogP contribution is -2.10. The van der Waals surface area contributed by atoms with Gasteiger partial charge in [-0.05, 0) is 35.8 Å². The van der Waals surface area contributed by atoms with Crippen molar-refractivity contribution in [1.29, 1.82) is 0 Å². The molecule has 2 aromatic carbocycles. The van der Waals surface area contributed by atoms with E-state index in [1.807, 2.05) is 0 Å². The van der Waals surface area contributed by atoms with E-state index in [1.165, 1.54) is 27.5 Å². The Morgan fingerprint density at radius 3 is 1.91 bits per heavy atom. The standard InChI is InChI=1S/C21H23N.H3N/c1-14-18-8-6-7-9-19(18)15(2)22-20(14)16-10-12-17(13-11-16)21(3,4)5;/h6-13H,1-5H3;1H3. The summed E-state index contributed by atoms with van der Waals surface area (Å²) in [6.45, 7) is 11.0. The fourth-order valence-corrected chi connectivity index (χ4v) is 2.97. The Hall–Kier alpha value is -2.19. The van der Waals surface area contributed by atoms with E-state index < -0.39 is 0 Å². The molecule has 0 saturated carbocycles. The maximum atomic E-state index is 4.86. The van der Waals surface area contributed by atoms with Crippen LogP contribution in [0.3, 0.4) is 0 Å². The molecule has 3 rings (SSSR count). The van der Waals surface area contributed by atoms with Crippen molar-refractivity contribution < 1.29 is 0 Å². The van der Waals surface area contributed by atoms with Gasteiger partial charge in [-0.3, -0.25) is 4.98 Å². The molecule has 1 aromatic heterocycles. The third-order valence-electron chi connectivity index (χ3n) is 4.38. The van der Waals surface area contributed by atoms with Gasteiger partial charge in [0.25, 0.3) is 0 Å². The summed E-state index contributed by atoms with van der Waals surface area (Å²) in [5.74, 6) is 0. The minimum absolute atomic E-state index is 0. The summed E-state index contributed by atoms with van der Waals surface area (Å²) in [7, 11) is 0. The van der Waals surface area contributed by atoms with Crippen LogP contribution in [0.5, 0.6) is 0 Å². The summed E-state index contributed by atoms with van der Waals surface area (Å²) in [6, 6.07) is 17.4. The fourth-order valence-electron chi connectivity index (χ4n) is 2.97. The first kappa shape index (κ1) is 17.2. The number of hydrogen-bond acceptors (Lipinski definition) is 2. The zero-order chi connectivity index (χ0) is 15.9. The molecule has 0 aliphatic heterocycles. The molecule has 3 N–H and O–H groups in total. The second-order valence-electron chi connectivity index (χ2n) is 7.04. The van der Waals surface area contributed by atoms with E-state index in [2.05, 4.69) is 83.1 Å². The molecule has 0 aliphatic carbocycles. The van der Waals surface area contributed by atoms with Gasteiger partial charge in [-0.15, -0.1) is 0 Å². The Bertz CT molecular complexity index is 825. The van der Waals surface area contributed by atoms with Crippen molar-refractivity contribution in [2.24, 2.45) is 0 Å². The lowest BCUT2D eigenvalue weighted by molar-refractivity contribution is 0.590. The third kappa shape index (κ3) is 3.13. The number of aromatic nitrogens is 1. The SMILES string of the molecule is Cc1nc(-c2ccc(C(C)(C)C)cc2)c(C)c2ccccc12.N. The zero-order valence-electron chi connectivity index (χ0n) is 14.8. The Balaban J connectivity index is 0.00000192. The molecule has 120 valence electrons. The van der Waals surface area contributed by atoms with Gasteiger partial charge in [0.2, 0.25) is 0 Å². The smallest absolute Gasteiger partial charge is 0.0740 e. The van der Waals surface area contributed by atoms with Crippen molar-refractivity contribution in [2.45, 2.75) is 40.0 Å². The maximum Gasteiger partial charge on any atom is 0.0740 e. The molecular weight excluding hydrogens is 280 g/mol. The summed E-state index contributed by atoms with van der Waals surface area (Å²) in [5, 5.41) is 2.54. The van der Waals surface area contributed by atoms with Gasteiger partial charge in [0.1, 0.15) is 0 Å². The molecule has 0 radical (unpaired) electrons. The monoisotopic (exact) mass is 306 g/mol. The summed E-state index contributed by atoms with van der Waals surface area (Å²) in [4.78, 5) is 4.86. The number of nitrogens with zero attached hydrogens (tertiary/aromatic N) is 1. The molecule has 0 amide bonds. The van der Waals surface area contributed by atoms with E-state index >= 15 is 0 Å². The molecule has 1 heterocycles. The van der Waals surface area contributed by atoms with Crippen molar-refractivity contribution in [2.75, 3.05) is 0 Å². The molecule has 0 aliphatic rings. The van der Waals surface area contributed by atoms with Gasteiger partial charge < -0.3 is 6.15 Å². The van der Waals surface area contributed by atoms with Gasteiger partial charge in [-0.25, -0.2) is 0 Å². The topological polar surface area (TPSA) is 47.9 Å². The molecule has 3 aromatic rings. The summed E-state index contributed by atoms with van der Waals surface area (Å²) >= 11 is 0. The summed E-state index contributed by atoms with van der Waals surface area (Å²) in [5.41, 5.74) is 6.17. The van der Waals surface area contributed by atoms with Gasteiger partial charge in [0, 0.05) is 16.6 Å². The van der Waals surface area contributed by atoms with Crippen LogP contribution >= 0.6 is 0 Å². The van der Waals surface area contributed by atoms with Crippen molar-refractivity contribution >= 4 is 10.8 Å². The number of fused-ring (bicyclic) bond motifs is 1. The van der Waals surface area contributed by atoms with Crippen LogP contribution in [0.25, 0.3) is 22.0 Å². The number of hydrogen-bond donors (Lipinski definition) is 1. The summed E-state index contributed by atoms with van der Waals surface area (Å²) < 4.78 is 0. The Kier molecular flexibility index (Phi) is 4.58. The lowest BCUT2D eigenvalue weighted by Gasteiger charge is -2.19. The first-order valence-electron chi connectivity index (χ1n) is 7.85. The Labute approximate surface area is 139 Å². The minimum Gasteiger partial charge on any atom is -0.344 e. The molecule has 0 saturated heterocycles. The predicted octanol–water partition coefficient (Wildman–Crippen LogP) is 5.98. The molecule has 0 fully saturated rings. The number of aryl methyl sites for hydroxylation is 2. The van der Waals surface area contributed by atoms with Gasteiger partial charge >= 0.3 is 0 Å². The number of pyridine rings is 1. The number of rotatable bonds is 1. The van der Waals surface area contributed by atoms with E-state index in [-0.39, 0.29) is 11.6 Å². The van der Waals surface area contributed by atoms with Crippen LogP contribution in [0.15, 0.2) is 48.5 Å². The highest BCUT2D eigenvalue weighted by atomic mass is 14.7. The second-order valence-corrected chi connectivity index (χ2v) is 7.04. The van der Waals surface area contributed by atoms with E-state index in [4.69, 9.17) is 4.98 Å². The van der Waals surface area contributed by atoms with Gasteiger partial charge in [0.05, 0.1) is 5.69 Å². The van der Waals surface area contributed by atoms with Gasteiger partial charge in [0.15, 0.2) is 0 Å². The second kappa shape index (κ2) is 6.13. The molecule has 0 atom stereocenters. The highest BCUT2D eigenvalue weighted by Crippen LogP contribution is 2.31. The largest absolute Gasteiger partial charge is 0.344 e. The van der Waals surface area contributed by atoms with Crippen molar-refractivity contribution in [1.82, 2.24) is 11.1 Å². The minimum atomic E-state index is 0. The highest BCUT2D eigenvalue weighted by Gasteiger charge is 2.14. The quantitative estimate of drug-likeness (QED) is 0.601. The van der Waals surface area contributed by atoms with Crippen LogP contribution in [0.2, 0.25) is 0 Å². The molecule has 2 nitrogen and oxygen atoms in total. The normalized spacial score (nSPS) is 11.3. The van der Waals surface area contributed by atoms with Crippen LogP contribution in [-0.2, 0) is 5.41 Å². The van der Waals surface area contributed by atoms with E-state index in [0.29, 0.717) is 0 Å². The molecule has 23 heavy (non-hydrogen) atoms. The molecule has 0 bridgehead atoms. The first-order valence-corrected chi connectivity index (χ1v) is 7.85. The predicted molar refractivity (Wildman–Crippen MR) is 100 cm³/mol. The molecule has 2 heteroatoms. The maximum absolute atomic E-state index is 4.86. The van der Waals surface area contributed by atoms with E-state index in [0.717, 1.165) is 11.4 Å². The molecular formula is C21H26N2. The fraction of sp³-hybridized carbons (Fsp3) is 0.286. The van der Waals surface area contributed by atoms with E-state index in [1.54, 1.807) is 0 Å². The Morgan fingerprint density at radius 1 is 0.783 bits per heavy atom. The Morgan fingerprint density at radius 2 is 1.35 bits per heavy atom. The van der Waals surface area contributed by atoms with Crippen molar-refractivity contribution in [3.8, 4) is 11.3 Å². The van der Waals surface area contributed by atoms with Crippen molar-refractivity contribution in [3.63, 3.8) is 0 Å². The van der Waals surface area contributed by atoms with Crippen LogP contribution in [0, 0.1) is 13.8 Å². The summed E-state index contributed by atoms with van der Waals surface area (Å²) in [6.07, 6.45) is 0. The van der Waals surface area contributed by atoms with E-state index in [9.17, 15) is 0 Å². The van der Waals surface area contributed by atoms with Crippen LogP contribution in [-0.4, -0.2) is 4.98 Å². The highest BCUT2D eigenvalue weighted by molar-refractivity contribution is 5.91. The average Bonchev–Trinajstić information content (AvgIpc) is 2.50. The van der Waals surface area contributed by atoms with Crippen LogP contribution in [0.4, 0.5) is 0 Å². The molecule has 0 unspecified atom stereocenters. The van der Waals surface area contributed by atoms with Crippen molar-refractivity contribution in [3.05, 3.63) is 65.4 Å². The van der Waals surface area contributed by atoms with Crippen LogP contribution in [0.1, 0.15) is 37.6 Å². The number of benzene rings is 2.